The number of hydrogen-bond donors (Lipinski definition) is 2. The minimum Gasteiger partial charge on any atom is -0.382 e. The first-order valence-electron chi connectivity index (χ1n) is 7.47. The zero-order chi connectivity index (χ0) is 17.5. The predicted molar refractivity (Wildman–Crippen MR) is 82.2 cm³/mol. The van der Waals surface area contributed by atoms with E-state index in [4.69, 9.17) is 5.26 Å². The van der Waals surface area contributed by atoms with Crippen molar-refractivity contribution >= 4 is 16.5 Å². The fourth-order valence-corrected chi connectivity index (χ4v) is 3.24. The molecule has 0 aromatic heterocycles. The van der Waals surface area contributed by atoms with Crippen LogP contribution in [0.15, 0.2) is 36.4 Å². The predicted octanol–water partition coefficient (Wildman–Crippen LogP) is 2.92. The molecule has 0 radical (unpaired) electrons. The molecule has 0 bridgehead atoms. The van der Waals surface area contributed by atoms with Crippen molar-refractivity contribution in [2.45, 2.75) is 37.4 Å². The number of aliphatic hydroxyl groups is 2. The van der Waals surface area contributed by atoms with Gasteiger partial charge in [0.15, 0.2) is 6.10 Å². The number of benzene rings is 2. The van der Waals surface area contributed by atoms with E-state index in [0.29, 0.717) is 22.0 Å². The van der Waals surface area contributed by atoms with Crippen molar-refractivity contribution in [2.24, 2.45) is 0 Å². The number of nitrogens with zero attached hydrogens (tertiary/aromatic N) is 2. The highest BCUT2D eigenvalue weighted by Crippen LogP contribution is 2.37. The van der Waals surface area contributed by atoms with Gasteiger partial charge in [-0.25, -0.2) is 0 Å². The Balaban J connectivity index is 2.03. The number of anilines is 1. The smallest absolute Gasteiger partial charge is 0.382 e. The molecule has 0 spiro atoms. The minimum absolute atomic E-state index is 0.0398. The number of fused-ring (bicyclic) bond motifs is 1. The Morgan fingerprint density at radius 3 is 2.62 bits per heavy atom. The summed E-state index contributed by atoms with van der Waals surface area (Å²) in [5.41, 5.74) is 0.851. The molecule has 0 amide bonds. The van der Waals surface area contributed by atoms with Crippen molar-refractivity contribution in [1.29, 1.82) is 5.26 Å². The highest BCUT2D eigenvalue weighted by Gasteiger charge is 2.49. The van der Waals surface area contributed by atoms with E-state index in [9.17, 15) is 23.4 Å². The quantitative estimate of drug-likeness (QED) is 0.885. The van der Waals surface area contributed by atoms with Crippen molar-refractivity contribution in [3.05, 3.63) is 42.0 Å². The Morgan fingerprint density at radius 1 is 1.21 bits per heavy atom. The largest absolute Gasteiger partial charge is 0.416 e. The van der Waals surface area contributed by atoms with Gasteiger partial charge in [0.05, 0.1) is 17.7 Å². The van der Waals surface area contributed by atoms with Crippen LogP contribution < -0.4 is 4.90 Å². The van der Waals surface area contributed by atoms with Crippen LogP contribution in [-0.4, -0.2) is 34.8 Å². The van der Waals surface area contributed by atoms with E-state index < -0.39 is 24.6 Å². The van der Waals surface area contributed by atoms with Crippen molar-refractivity contribution in [1.82, 2.24) is 0 Å². The van der Waals surface area contributed by atoms with E-state index in [1.165, 1.54) is 4.90 Å². The molecule has 1 heterocycles. The number of aliphatic hydroxyl groups excluding tert-OH is 2. The SMILES string of the molecule is N#Cc1cccc2cc(N3[C@H](O)CC[C@@H]3[C@H](O)C(F)(F)F)ccc12. The highest BCUT2D eigenvalue weighted by molar-refractivity contribution is 5.90. The third-order valence-corrected chi connectivity index (χ3v) is 4.38. The topological polar surface area (TPSA) is 67.5 Å². The van der Waals surface area contributed by atoms with Crippen LogP contribution in [0.2, 0.25) is 0 Å². The van der Waals surface area contributed by atoms with Crippen LogP contribution in [-0.2, 0) is 0 Å². The van der Waals surface area contributed by atoms with Crippen LogP contribution in [0.1, 0.15) is 18.4 Å². The van der Waals surface area contributed by atoms with Gasteiger partial charge < -0.3 is 15.1 Å². The van der Waals surface area contributed by atoms with E-state index >= 15 is 0 Å². The van der Waals surface area contributed by atoms with E-state index in [0.717, 1.165) is 0 Å². The molecule has 2 N–H and O–H groups in total. The number of halogens is 3. The molecule has 2 aromatic carbocycles. The maximum Gasteiger partial charge on any atom is 0.416 e. The first-order chi connectivity index (χ1) is 11.3. The molecule has 0 aliphatic carbocycles. The summed E-state index contributed by atoms with van der Waals surface area (Å²) < 4.78 is 38.6. The molecule has 3 atom stereocenters. The van der Waals surface area contributed by atoms with Crippen LogP contribution in [0.25, 0.3) is 10.8 Å². The number of nitriles is 1. The van der Waals surface area contributed by atoms with Gasteiger partial charge in [-0.15, -0.1) is 0 Å². The fraction of sp³-hybridized carbons (Fsp3) is 0.353. The average molecular weight is 336 g/mol. The van der Waals surface area contributed by atoms with E-state index in [-0.39, 0.29) is 12.8 Å². The highest BCUT2D eigenvalue weighted by atomic mass is 19.4. The molecule has 0 saturated carbocycles. The van der Waals surface area contributed by atoms with Gasteiger partial charge >= 0.3 is 6.18 Å². The van der Waals surface area contributed by atoms with Gasteiger partial charge in [-0.1, -0.05) is 18.2 Å². The van der Waals surface area contributed by atoms with Crippen molar-refractivity contribution < 1.29 is 23.4 Å². The number of alkyl halides is 3. The Kier molecular flexibility index (Phi) is 4.11. The molecule has 126 valence electrons. The van der Waals surface area contributed by atoms with Crippen molar-refractivity contribution in [3.63, 3.8) is 0 Å². The van der Waals surface area contributed by atoms with Crippen molar-refractivity contribution in [2.75, 3.05) is 4.90 Å². The molecule has 3 rings (SSSR count). The summed E-state index contributed by atoms with van der Waals surface area (Å²) in [7, 11) is 0. The van der Waals surface area contributed by atoms with E-state index in [1.807, 2.05) is 0 Å². The van der Waals surface area contributed by atoms with E-state index in [2.05, 4.69) is 6.07 Å². The summed E-state index contributed by atoms with van der Waals surface area (Å²) in [6.07, 6.45) is -8.19. The van der Waals surface area contributed by atoms with Crippen LogP contribution in [0.5, 0.6) is 0 Å². The Bertz CT molecular complexity index is 801. The summed E-state index contributed by atoms with van der Waals surface area (Å²) in [4.78, 5) is 1.21. The number of rotatable bonds is 2. The normalized spacial score (nSPS) is 22.6. The average Bonchev–Trinajstić information content (AvgIpc) is 2.93. The van der Waals surface area contributed by atoms with Gasteiger partial charge in [-0.2, -0.15) is 18.4 Å². The Labute approximate surface area is 136 Å². The lowest BCUT2D eigenvalue weighted by Crippen LogP contribution is -2.49. The molecule has 0 unspecified atom stereocenters. The molecule has 4 nitrogen and oxygen atoms in total. The molecule has 7 heteroatoms. The molecule has 1 saturated heterocycles. The molecule has 2 aromatic rings. The Hall–Kier alpha value is -2.30. The number of hydrogen-bond acceptors (Lipinski definition) is 4. The summed E-state index contributed by atoms with van der Waals surface area (Å²) in [5.74, 6) is 0. The summed E-state index contributed by atoms with van der Waals surface area (Å²) in [5, 5.41) is 30.2. The fourth-order valence-electron chi connectivity index (χ4n) is 3.24. The van der Waals surface area contributed by atoms with Gasteiger partial charge in [0.25, 0.3) is 0 Å². The third-order valence-electron chi connectivity index (χ3n) is 4.38. The zero-order valence-corrected chi connectivity index (χ0v) is 12.5. The lowest BCUT2D eigenvalue weighted by Gasteiger charge is -2.33. The van der Waals surface area contributed by atoms with Gasteiger partial charge in [-0.05, 0) is 41.8 Å². The van der Waals surface area contributed by atoms with Gasteiger partial charge in [0, 0.05) is 5.69 Å². The second-order valence-corrected chi connectivity index (χ2v) is 5.84. The van der Waals surface area contributed by atoms with Gasteiger partial charge in [0.1, 0.15) is 6.23 Å². The van der Waals surface area contributed by atoms with Crippen LogP contribution in [0, 0.1) is 11.3 Å². The molecular weight excluding hydrogens is 321 g/mol. The summed E-state index contributed by atoms with van der Waals surface area (Å²) in [6.45, 7) is 0. The summed E-state index contributed by atoms with van der Waals surface area (Å²) >= 11 is 0. The maximum atomic E-state index is 12.9. The third kappa shape index (κ3) is 2.79. The van der Waals surface area contributed by atoms with E-state index in [1.54, 1.807) is 36.4 Å². The monoisotopic (exact) mass is 336 g/mol. The molecular formula is C17H15F3N2O2. The standard InChI is InChI=1S/C17H15F3N2O2/c18-17(19,20)16(24)14-6-7-15(23)22(14)12-4-5-13-10(8-12)2-1-3-11(13)9-21/h1-5,8,14-16,23-24H,6-7H2/t14-,15-,16+/m1/s1. The second-order valence-electron chi connectivity index (χ2n) is 5.84. The van der Waals surface area contributed by atoms with Crippen molar-refractivity contribution in [3.8, 4) is 6.07 Å². The molecule has 1 fully saturated rings. The first-order valence-corrected chi connectivity index (χ1v) is 7.47. The second kappa shape index (κ2) is 5.96. The minimum atomic E-state index is -4.75. The summed E-state index contributed by atoms with van der Waals surface area (Å²) in [6, 6.07) is 10.7. The first kappa shape index (κ1) is 16.6. The van der Waals surface area contributed by atoms with Crippen LogP contribution >= 0.6 is 0 Å². The Morgan fingerprint density at radius 2 is 1.96 bits per heavy atom. The molecule has 24 heavy (non-hydrogen) atoms. The lowest BCUT2D eigenvalue weighted by atomic mass is 10.0. The lowest BCUT2D eigenvalue weighted by molar-refractivity contribution is -0.209. The van der Waals surface area contributed by atoms with Crippen LogP contribution in [0.4, 0.5) is 18.9 Å². The van der Waals surface area contributed by atoms with Gasteiger partial charge in [0.2, 0.25) is 0 Å². The van der Waals surface area contributed by atoms with Gasteiger partial charge in [-0.3, -0.25) is 0 Å². The molecule has 1 aliphatic heterocycles. The van der Waals surface area contributed by atoms with Crippen LogP contribution in [0.3, 0.4) is 0 Å². The maximum absolute atomic E-state index is 12.9. The zero-order valence-electron chi connectivity index (χ0n) is 12.5. The molecule has 1 aliphatic rings.